The number of carboxylic acid groups (broad SMARTS) is 1. The van der Waals surface area contributed by atoms with Crippen molar-refractivity contribution in [3.63, 3.8) is 0 Å². The van der Waals surface area contributed by atoms with E-state index in [4.69, 9.17) is 19.3 Å². The Morgan fingerprint density at radius 2 is 1.84 bits per heavy atom. The van der Waals surface area contributed by atoms with Crippen LogP contribution in [0.15, 0.2) is 18.2 Å². The molecule has 0 aliphatic heterocycles. The van der Waals surface area contributed by atoms with Crippen LogP contribution in [0.4, 0.5) is 4.79 Å². The summed E-state index contributed by atoms with van der Waals surface area (Å²) >= 11 is 0. The second kappa shape index (κ2) is 6.48. The number of ether oxygens (including phenoxy) is 3. The van der Waals surface area contributed by atoms with Crippen LogP contribution in [-0.2, 0) is 4.79 Å². The van der Waals surface area contributed by atoms with Gasteiger partial charge < -0.3 is 19.3 Å². The van der Waals surface area contributed by atoms with Gasteiger partial charge in [0, 0.05) is 7.05 Å². The topological polar surface area (TPSA) is 85.3 Å². The highest BCUT2D eigenvalue weighted by atomic mass is 16.6. The minimum absolute atomic E-state index is 0.157. The first-order valence-electron chi connectivity index (χ1n) is 5.35. The zero-order valence-electron chi connectivity index (χ0n) is 10.9. The van der Waals surface area contributed by atoms with Gasteiger partial charge in [0.25, 0.3) is 0 Å². The number of nitrogens with zero attached hydrogens (tertiary/aromatic N) is 1. The van der Waals surface area contributed by atoms with Crippen LogP contribution in [0.2, 0.25) is 0 Å². The van der Waals surface area contributed by atoms with Crippen molar-refractivity contribution in [3.8, 4) is 17.2 Å². The maximum Gasteiger partial charge on any atom is 0.415 e. The minimum Gasteiger partial charge on any atom is -0.493 e. The number of carbonyl (C=O) groups excluding carboxylic acids is 1. The molecule has 0 fully saturated rings. The van der Waals surface area contributed by atoms with Crippen LogP contribution in [0.3, 0.4) is 0 Å². The Kier molecular flexibility index (Phi) is 4.99. The molecule has 0 unspecified atom stereocenters. The molecule has 1 aromatic rings. The first-order chi connectivity index (χ1) is 8.99. The summed E-state index contributed by atoms with van der Waals surface area (Å²) in [6.45, 7) is -0.453. The molecule has 0 heterocycles. The zero-order valence-corrected chi connectivity index (χ0v) is 10.9. The Morgan fingerprint density at radius 3 is 2.37 bits per heavy atom. The highest BCUT2D eigenvalue weighted by Crippen LogP contribution is 2.36. The molecule has 7 heteroatoms. The van der Waals surface area contributed by atoms with E-state index in [0.717, 1.165) is 4.90 Å². The molecule has 1 aromatic carbocycles. The SMILES string of the molecule is COc1cccc(OC(=O)N(C)CC(=O)O)c1OC. The summed E-state index contributed by atoms with van der Waals surface area (Å²) in [6, 6.07) is 4.80. The number of methoxy groups -OCH3 is 2. The fraction of sp³-hybridized carbons (Fsp3) is 0.333. The van der Waals surface area contributed by atoms with Crippen molar-refractivity contribution in [2.45, 2.75) is 0 Å². The van der Waals surface area contributed by atoms with Crippen LogP contribution in [0.1, 0.15) is 0 Å². The van der Waals surface area contributed by atoms with E-state index in [2.05, 4.69) is 0 Å². The lowest BCUT2D eigenvalue weighted by Gasteiger charge is -2.16. The van der Waals surface area contributed by atoms with Crippen LogP contribution in [-0.4, -0.2) is 49.9 Å². The summed E-state index contributed by atoms with van der Waals surface area (Å²) in [5.74, 6) is -0.295. The first kappa shape index (κ1) is 14.6. The summed E-state index contributed by atoms with van der Waals surface area (Å²) in [4.78, 5) is 23.1. The van der Waals surface area contributed by atoms with Crippen molar-refractivity contribution >= 4 is 12.1 Å². The predicted octanol–water partition coefficient (Wildman–Crippen LogP) is 1.22. The van der Waals surface area contributed by atoms with Gasteiger partial charge in [-0.2, -0.15) is 0 Å². The Morgan fingerprint density at radius 1 is 1.21 bits per heavy atom. The van der Waals surface area contributed by atoms with Crippen molar-refractivity contribution in [2.75, 3.05) is 27.8 Å². The fourth-order valence-corrected chi connectivity index (χ4v) is 1.38. The number of amides is 1. The van der Waals surface area contributed by atoms with Crippen molar-refractivity contribution in [3.05, 3.63) is 18.2 Å². The summed E-state index contributed by atoms with van der Waals surface area (Å²) in [5.41, 5.74) is 0. The van der Waals surface area contributed by atoms with Gasteiger partial charge in [-0.15, -0.1) is 0 Å². The molecule has 7 nitrogen and oxygen atoms in total. The maximum atomic E-state index is 11.7. The molecule has 0 aliphatic carbocycles. The average Bonchev–Trinajstić information content (AvgIpc) is 2.37. The number of benzene rings is 1. The number of hydrogen-bond donors (Lipinski definition) is 1. The van der Waals surface area contributed by atoms with Gasteiger partial charge in [-0.05, 0) is 12.1 Å². The Hall–Kier alpha value is -2.44. The molecule has 19 heavy (non-hydrogen) atoms. The fourth-order valence-electron chi connectivity index (χ4n) is 1.38. The summed E-state index contributed by atoms with van der Waals surface area (Å²) in [6.07, 6.45) is -0.797. The van der Waals surface area contributed by atoms with E-state index >= 15 is 0 Å². The zero-order chi connectivity index (χ0) is 14.4. The molecular weight excluding hydrogens is 254 g/mol. The van der Waals surface area contributed by atoms with Gasteiger partial charge in [-0.25, -0.2) is 4.79 Å². The predicted molar refractivity (Wildman–Crippen MR) is 65.8 cm³/mol. The number of likely N-dealkylation sites (N-methyl/N-ethyl adjacent to an activating group) is 1. The Balaban J connectivity index is 2.87. The average molecular weight is 269 g/mol. The Labute approximate surface area is 110 Å². The van der Waals surface area contributed by atoms with Gasteiger partial charge in [0.15, 0.2) is 11.5 Å². The molecule has 0 aromatic heterocycles. The lowest BCUT2D eigenvalue weighted by molar-refractivity contribution is -0.137. The van der Waals surface area contributed by atoms with Gasteiger partial charge in [0.2, 0.25) is 5.75 Å². The number of hydrogen-bond acceptors (Lipinski definition) is 5. The van der Waals surface area contributed by atoms with Gasteiger partial charge in [-0.3, -0.25) is 9.69 Å². The van der Waals surface area contributed by atoms with Crippen molar-refractivity contribution in [2.24, 2.45) is 0 Å². The van der Waals surface area contributed by atoms with Crippen molar-refractivity contribution in [1.82, 2.24) is 4.90 Å². The molecule has 1 rings (SSSR count). The third-order valence-corrected chi connectivity index (χ3v) is 2.25. The van der Waals surface area contributed by atoms with Gasteiger partial charge in [0.05, 0.1) is 14.2 Å². The lowest BCUT2D eigenvalue weighted by atomic mass is 10.3. The van der Waals surface area contributed by atoms with Crippen molar-refractivity contribution < 1.29 is 28.9 Å². The Bertz CT molecular complexity index is 473. The molecule has 0 saturated heterocycles. The molecule has 0 bridgehead atoms. The van der Waals surface area contributed by atoms with E-state index in [1.54, 1.807) is 12.1 Å². The lowest BCUT2D eigenvalue weighted by Crippen LogP contribution is -2.34. The molecule has 104 valence electrons. The van der Waals surface area contributed by atoms with Crippen LogP contribution < -0.4 is 14.2 Å². The molecule has 0 aliphatic rings. The second-order valence-electron chi connectivity index (χ2n) is 3.61. The molecule has 1 amide bonds. The molecule has 1 N–H and O–H groups in total. The van der Waals surface area contributed by atoms with Gasteiger partial charge in [-0.1, -0.05) is 6.07 Å². The number of para-hydroxylation sites is 1. The standard InChI is InChI=1S/C12H15NO6/c1-13(7-10(14)15)12(16)19-9-6-4-5-8(17-2)11(9)18-3/h4-6H,7H2,1-3H3,(H,14,15). The number of carboxylic acids is 1. The van der Waals surface area contributed by atoms with E-state index in [1.165, 1.54) is 27.3 Å². The second-order valence-corrected chi connectivity index (χ2v) is 3.61. The number of rotatable bonds is 5. The molecule has 0 saturated carbocycles. The largest absolute Gasteiger partial charge is 0.493 e. The van der Waals surface area contributed by atoms with Crippen LogP contribution in [0.25, 0.3) is 0 Å². The maximum absolute atomic E-state index is 11.7. The van der Waals surface area contributed by atoms with Crippen LogP contribution >= 0.6 is 0 Å². The quantitative estimate of drug-likeness (QED) is 0.865. The smallest absolute Gasteiger partial charge is 0.415 e. The van der Waals surface area contributed by atoms with Gasteiger partial charge >= 0.3 is 12.1 Å². The third kappa shape index (κ3) is 3.77. The third-order valence-electron chi connectivity index (χ3n) is 2.25. The van der Waals surface area contributed by atoms with Crippen LogP contribution in [0, 0.1) is 0 Å². The van der Waals surface area contributed by atoms with E-state index in [0.29, 0.717) is 5.75 Å². The molecule has 0 atom stereocenters. The monoisotopic (exact) mass is 269 g/mol. The van der Waals surface area contributed by atoms with Crippen LogP contribution in [0.5, 0.6) is 17.2 Å². The number of aliphatic carboxylic acids is 1. The number of carbonyl (C=O) groups is 2. The van der Waals surface area contributed by atoms with Crippen molar-refractivity contribution in [1.29, 1.82) is 0 Å². The van der Waals surface area contributed by atoms with E-state index in [1.807, 2.05) is 0 Å². The molecule has 0 radical (unpaired) electrons. The highest BCUT2D eigenvalue weighted by molar-refractivity contribution is 5.78. The normalized spacial score (nSPS) is 9.63. The first-order valence-corrected chi connectivity index (χ1v) is 5.35. The summed E-state index contributed by atoms with van der Waals surface area (Å²) < 4.78 is 15.2. The summed E-state index contributed by atoms with van der Waals surface area (Å²) in [7, 11) is 4.19. The van der Waals surface area contributed by atoms with Gasteiger partial charge in [0.1, 0.15) is 6.54 Å². The molecular formula is C12H15NO6. The molecule has 0 spiro atoms. The van der Waals surface area contributed by atoms with E-state index < -0.39 is 18.6 Å². The highest BCUT2D eigenvalue weighted by Gasteiger charge is 2.18. The summed E-state index contributed by atoms with van der Waals surface area (Å²) in [5, 5.41) is 8.59. The van der Waals surface area contributed by atoms with E-state index in [9.17, 15) is 9.59 Å². The van der Waals surface area contributed by atoms with E-state index in [-0.39, 0.29) is 11.5 Å². The minimum atomic E-state index is -1.13.